The van der Waals surface area contributed by atoms with E-state index in [1.807, 2.05) is 108 Å². The number of nitrogens with zero attached hydrogens (tertiary/aromatic N) is 1. The molecule has 0 spiro atoms. The normalized spacial score (nSPS) is 12.0. The maximum atomic E-state index is 9.58. The maximum absolute atomic E-state index is 9.58. The smallest absolute Gasteiger partial charge is 0.0645 e. The molecule has 0 aliphatic heterocycles. The molecule has 59 heavy (non-hydrogen) atoms. The van der Waals surface area contributed by atoms with Crippen LogP contribution >= 0.6 is 0 Å². The Kier molecular flexibility index (Phi) is 8.51. The van der Waals surface area contributed by atoms with Crippen molar-refractivity contribution in [3.8, 4) is 66.8 Å². The van der Waals surface area contributed by atoms with Crippen LogP contribution in [0.25, 0.3) is 77.5 Å². The summed E-state index contributed by atoms with van der Waals surface area (Å²) < 4.78 is 38.0. The van der Waals surface area contributed by atoms with E-state index in [-0.39, 0.29) is 35.4 Å². The molecule has 0 amide bonds. The van der Waals surface area contributed by atoms with Crippen molar-refractivity contribution in [3.05, 3.63) is 249 Å². The predicted molar refractivity (Wildman–Crippen MR) is 251 cm³/mol. The zero-order valence-electron chi connectivity index (χ0n) is 36.3. The van der Waals surface area contributed by atoms with Crippen LogP contribution in [0, 0.1) is 0 Å². The van der Waals surface area contributed by atoms with Gasteiger partial charge in [0.05, 0.1) is 5.48 Å². The summed E-state index contributed by atoms with van der Waals surface area (Å²) in [5, 5.41) is 2.33. The fourth-order valence-electron chi connectivity index (χ4n) is 7.96. The molecule has 0 radical (unpaired) electrons. The highest BCUT2D eigenvalue weighted by atomic mass is 15.1. The molecule has 0 saturated heterocycles. The van der Waals surface area contributed by atoms with Crippen LogP contribution in [-0.2, 0) is 0 Å². The van der Waals surface area contributed by atoms with Gasteiger partial charge in [-0.15, -0.1) is 0 Å². The van der Waals surface area contributed by atoms with Gasteiger partial charge < -0.3 is 4.90 Å². The van der Waals surface area contributed by atoms with E-state index in [4.69, 9.17) is 0 Å². The SMILES string of the molecule is [2H]c1c([2H])c(N(c2ccc(-c3ccc(-c4ccccc4)cc3)cc2)c2ccc(-c3ccc4ccccc4c3-c3ccccc3)cc2)c([2H])c([2H])c1-c1cccc(-c2ccccc2)c1. The number of rotatable bonds is 9. The van der Waals surface area contributed by atoms with Gasteiger partial charge in [-0.3, -0.25) is 0 Å². The first-order chi connectivity index (χ1) is 30.9. The zero-order valence-corrected chi connectivity index (χ0v) is 32.3. The van der Waals surface area contributed by atoms with E-state index < -0.39 is 0 Å². The lowest BCUT2D eigenvalue weighted by Crippen LogP contribution is -2.09. The van der Waals surface area contributed by atoms with Crippen LogP contribution in [0.1, 0.15) is 5.48 Å². The van der Waals surface area contributed by atoms with E-state index in [9.17, 15) is 5.48 Å². The van der Waals surface area contributed by atoms with E-state index in [1.54, 1.807) is 0 Å². The van der Waals surface area contributed by atoms with E-state index in [0.717, 1.165) is 61.0 Å². The topological polar surface area (TPSA) is 3.24 Å². The highest BCUT2D eigenvalue weighted by Crippen LogP contribution is 2.41. The number of anilines is 3. The monoisotopic (exact) mass is 755 g/mol. The molecule has 0 heterocycles. The van der Waals surface area contributed by atoms with Crippen molar-refractivity contribution in [1.29, 1.82) is 0 Å². The van der Waals surface area contributed by atoms with Crippen LogP contribution in [0.5, 0.6) is 0 Å². The quantitative estimate of drug-likeness (QED) is 0.142. The van der Waals surface area contributed by atoms with Gasteiger partial charge >= 0.3 is 0 Å². The molecular weight excluding hydrogens is 711 g/mol. The van der Waals surface area contributed by atoms with Crippen molar-refractivity contribution in [2.45, 2.75) is 0 Å². The number of hydrogen-bond acceptors (Lipinski definition) is 1. The summed E-state index contributed by atoms with van der Waals surface area (Å²) in [5.41, 5.74) is 13.2. The average molecular weight is 756 g/mol. The van der Waals surface area contributed by atoms with Crippen molar-refractivity contribution in [1.82, 2.24) is 0 Å². The van der Waals surface area contributed by atoms with Crippen molar-refractivity contribution in [2.24, 2.45) is 0 Å². The van der Waals surface area contributed by atoms with Crippen LogP contribution in [0.3, 0.4) is 0 Å². The summed E-state index contributed by atoms with van der Waals surface area (Å²) in [6.07, 6.45) is 0. The van der Waals surface area contributed by atoms with Crippen LogP contribution in [0.2, 0.25) is 0 Å². The summed E-state index contributed by atoms with van der Waals surface area (Å²) in [6, 6.07) is 75.6. The molecule has 10 aromatic rings. The first kappa shape index (κ1) is 31.4. The van der Waals surface area contributed by atoms with E-state index in [1.165, 1.54) is 5.39 Å². The largest absolute Gasteiger partial charge is 0.311 e. The number of fused-ring (bicyclic) bond motifs is 1. The van der Waals surface area contributed by atoms with Crippen LogP contribution in [-0.4, -0.2) is 0 Å². The van der Waals surface area contributed by atoms with Crippen LogP contribution in [0.4, 0.5) is 17.1 Å². The minimum Gasteiger partial charge on any atom is -0.311 e. The molecule has 0 N–H and O–H groups in total. The summed E-state index contributed by atoms with van der Waals surface area (Å²) in [6.45, 7) is 0. The number of hydrogen-bond donors (Lipinski definition) is 0. The Hall–Kier alpha value is -7.74. The van der Waals surface area contributed by atoms with E-state index >= 15 is 0 Å². The molecule has 0 unspecified atom stereocenters. The van der Waals surface area contributed by atoms with Gasteiger partial charge in [-0.25, -0.2) is 0 Å². The Balaban J connectivity index is 1.09. The molecule has 0 fully saturated rings. The Morgan fingerprint density at radius 3 is 1.27 bits per heavy atom. The molecular formula is C58H41N. The third-order valence-corrected chi connectivity index (χ3v) is 11.0. The first-order valence-electron chi connectivity index (χ1n) is 21.9. The summed E-state index contributed by atoms with van der Waals surface area (Å²) in [5.74, 6) is 0. The minimum absolute atomic E-state index is 0.100. The van der Waals surface area contributed by atoms with Gasteiger partial charge in [0.2, 0.25) is 0 Å². The van der Waals surface area contributed by atoms with Crippen molar-refractivity contribution in [3.63, 3.8) is 0 Å². The van der Waals surface area contributed by atoms with Gasteiger partial charge in [0.1, 0.15) is 0 Å². The van der Waals surface area contributed by atoms with Gasteiger partial charge in [0, 0.05) is 17.1 Å². The molecule has 0 bridgehead atoms. The van der Waals surface area contributed by atoms with Gasteiger partial charge in [0.15, 0.2) is 0 Å². The fourth-order valence-corrected chi connectivity index (χ4v) is 7.96. The van der Waals surface area contributed by atoms with Gasteiger partial charge in [-0.2, -0.15) is 0 Å². The second-order valence-electron chi connectivity index (χ2n) is 14.6. The molecule has 0 aliphatic carbocycles. The second-order valence-corrected chi connectivity index (χ2v) is 14.6. The molecule has 278 valence electrons. The van der Waals surface area contributed by atoms with Crippen LogP contribution < -0.4 is 4.90 Å². The van der Waals surface area contributed by atoms with Crippen molar-refractivity contribution >= 4 is 27.8 Å². The lowest BCUT2D eigenvalue weighted by molar-refractivity contribution is 1.28. The highest BCUT2D eigenvalue weighted by molar-refractivity contribution is 6.04. The number of benzene rings is 10. The molecule has 10 aromatic carbocycles. The van der Waals surface area contributed by atoms with Gasteiger partial charge in [-0.05, 0) is 120 Å². The zero-order chi connectivity index (χ0) is 42.9. The standard InChI is InChI=1S/C58H41N/c1-4-13-42(14-5-1)44-23-25-45(26-24-44)46-27-34-53(35-28-46)59(54-36-29-47(30-37-54)52-21-12-20-51(41-52)43-15-6-2-7-16-43)55-38-31-49(32-39-55)57-40-33-48-17-10-11-22-56(48)58(57)50-18-8-3-9-19-50/h1-41H/i29D,30D,36D,37D. The average Bonchev–Trinajstić information content (AvgIpc) is 3.35. The molecule has 0 aliphatic rings. The second kappa shape index (κ2) is 16.0. The summed E-state index contributed by atoms with van der Waals surface area (Å²) in [7, 11) is 0. The lowest BCUT2D eigenvalue weighted by Gasteiger charge is -2.26. The fraction of sp³-hybridized carbons (Fsp3) is 0. The van der Waals surface area contributed by atoms with Crippen LogP contribution in [0.15, 0.2) is 249 Å². The molecule has 0 saturated carbocycles. The first-order valence-corrected chi connectivity index (χ1v) is 19.9. The minimum atomic E-state index is -0.123. The molecule has 0 atom stereocenters. The molecule has 1 nitrogen and oxygen atoms in total. The summed E-state index contributed by atoms with van der Waals surface area (Å²) >= 11 is 0. The third kappa shape index (κ3) is 7.34. The molecule has 0 aromatic heterocycles. The lowest BCUT2D eigenvalue weighted by atomic mass is 9.90. The maximum Gasteiger partial charge on any atom is 0.0645 e. The van der Waals surface area contributed by atoms with Gasteiger partial charge in [-0.1, -0.05) is 206 Å². The predicted octanol–water partition coefficient (Wildman–Crippen LogP) is 16.3. The highest BCUT2D eigenvalue weighted by Gasteiger charge is 2.16. The van der Waals surface area contributed by atoms with Crippen molar-refractivity contribution in [2.75, 3.05) is 4.90 Å². The molecule has 10 rings (SSSR count). The third-order valence-electron chi connectivity index (χ3n) is 11.0. The summed E-state index contributed by atoms with van der Waals surface area (Å²) in [4.78, 5) is 1.86. The van der Waals surface area contributed by atoms with Crippen molar-refractivity contribution < 1.29 is 5.48 Å². The Morgan fingerprint density at radius 2 is 0.695 bits per heavy atom. The van der Waals surface area contributed by atoms with E-state index in [0.29, 0.717) is 16.9 Å². The van der Waals surface area contributed by atoms with E-state index in [2.05, 4.69) is 121 Å². The molecule has 1 heteroatoms. The van der Waals surface area contributed by atoms with Gasteiger partial charge in [0.25, 0.3) is 0 Å². The Morgan fingerprint density at radius 1 is 0.271 bits per heavy atom. The Bertz CT molecular complexity index is 3190. The Labute approximate surface area is 352 Å².